The van der Waals surface area contributed by atoms with Gasteiger partial charge in [0.1, 0.15) is 0 Å². The van der Waals surface area contributed by atoms with E-state index in [1.54, 1.807) is 6.20 Å². The lowest BCUT2D eigenvalue weighted by molar-refractivity contribution is -0.143. The highest BCUT2D eigenvalue weighted by Crippen LogP contribution is 2.25. The molecule has 1 saturated heterocycles. The van der Waals surface area contributed by atoms with Gasteiger partial charge in [0.05, 0.1) is 11.6 Å². The number of hydrogen-bond donors (Lipinski definition) is 1. The molecular formula is C13H18N2O2. The lowest BCUT2D eigenvalue weighted by Crippen LogP contribution is -2.38. The normalized spacial score (nSPS) is 20.1. The Bertz CT molecular complexity index is 372. The van der Waals surface area contributed by atoms with Gasteiger partial charge in [-0.25, -0.2) is 0 Å². The van der Waals surface area contributed by atoms with Crippen molar-refractivity contribution in [1.82, 2.24) is 9.88 Å². The second-order valence-corrected chi connectivity index (χ2v) is 4.58. The minimum absolute atomic E-state index is 0.165. The van der Waals surface area contributed by atoms with Crippen molar-refractivity contribution in [1.29, 1.82) is 0 Å². The zero-order chi connectivity index (χ0) is 12.3. The number of piperidine rings is 1. The Kier molecular flexibility index (Phi) is 3.74. The van der Waals surface area contributed by atoms with Crippen LogP contribution in [0.15, 0.2) is 24.4 Å². The summed E-state index contributed by atoms with van der Waals surface area (Å²) in [7, 11) is 0. The maximum atomic E-state index is 10.9. The molecule has 2 heterocycles. The number of nitrogens with zero attached hydrogens (tertiary/aromatic N) is 2. The van der Waals surface area contributed by atoms with Crippen LogP contribution in [0, 0.1) is 5.92 Å². The molecule has 0 unspecified atom stereocenters. The summed E-state index contributed by atoms with van der Waals surface area (Å²) in [5.74, 6) is -0.822. The maximum Gasteiger partial charge on any atom is 0.306 e. The van der Waals surface area contributed by atoms with Crippen LogP contribution in [-0.2, 0) is 4.79 Å². The number of carbonyl (C=O) groups is 1. The van der Waals surface area contributed by atoms with Crippen LogP contribution in [0.2, 0.25) is 0 Å². The van der Waals surface area contributed by atoms with Gasteiger partial charge >= 0.3 is 5.97 Å². The summed E-state index contributed by atoms with van der Waals surface area (Å²) in [6.45, 7) is 3.81. The minimum atomic E-state index is -0.657. The highest BCUT2D eigenvalue weighted by molar-refractivity contribution is 5.70. The van der Waals surface area contributed by atoms with Crippen molar-refractivity contribution < 1.29 is 9.90 Å². The molecule has 0 aliphatic carbocycles. The van der Waals surface area contributed by atoms with Crippen LogP contribution in [-0.4, -0.2) is 34.0 Å². The highest BCUT2D eigenvalue weighted by Gasteiger charge is 2.27. The average Bonchev–Trinajstić information content (AvgIpc) is 2.39. The second kappa shape index (κ2) is 5.27. The Morgan fingerprint density at radius 1 is 1.47 bits per heavy atom. The Hall–Kier alpha value is -1.42. The molecule has 92 valence electrons. The fraction of sp³-hybridized carbons (Fsp3) is 0.538. The van der Waals surface area contributed by atoms with Gasteiger partial charge in [0, 0.05) is 12.2 Å². The maximum absolute atomic E-state index is 10.9. The molecule has 0 aromatic carbocycles. The van der Waals surface area contributed by atoms with Crippen LogP contribution in [0.5, 0.6) is 0 Å². The molecule has 0 bridgehead atoms. The first-order valence-electron chi connectivity index (χ1n) is 6.06. The Morgan fingerprint density at radius 3 is 2.71 bits per heavy atom. The predicted molar refractivity (Wildman–Crippen MR) is 64.6 cm³/mol. The molecule has 1 N–H and O–H groups in total. The van der Waals surface area contributed by atoms with Crippen molar-refractivity contribution in [3.8, 4) is 0 Å². The second-order valence-electron chi connectivity index (χ2n) is 4.58. The van der Waals surface area contributed by atoms with Gasteiger partial charge in [0.2, 0.25) is 0 Å². The molecule has 2 rings (SSSR count). The topological polar surface area (TPSA) is 53.4 Å². The van der Waals surface area contributed by atoms with Crippen molar-refractivity contribution in [2.24, 2.45) is 5.92 Å². The minimum Gasteiger partial charge on any atom is -0.481 e. The van der Waals surface area contributed by atoms with Crippen molar-refractivity contribution in [2.75, 3.05) is 13.1 Å². The summed E-state index contributed by atoms with van der Waals surface area (Å²) < 4.78 is 0. The fourth-order valence-corrected chi connectivity index (χ4v) is 2.34. The molecule has 1 aliphatic rings. The number of likely N-dealkylation sites (tertiary alicyclic amines) is 1. The van der Waals surface area contributed by atoms with E-state index in [9.17, 15) is 4.79 Å². The van der Waals surface area contributed by atoms with Crippen molar-refractivity contribution in [3.63, 3.8) is 0 Å². The van der Waals surface area contributed by atoms with Gasteiger partial charge in [-0.15, -0.1) is 0 Å². The monoisotopic (exact) mass is 234 g/mol. The van der Waals surface area contributed by atoms with Gasteiger partial charge in [-0.2, -0.15) is 0 Å². The van der Waals surface area contributed by atoms with Crippen LogP contribution in [0.4, 0.5) is 0 Å². The van der Waals surface area contributed by atoms with E-state index in [1.807, 2.05) is 18.2 Å². The number of pyridine rings is 1. The molecule has 0 radical (unpaired) electrons. The van der Waals surface area contributed by atoms with E-state index < -0.39 is 5.97 Å². The SMILES string of the molecule is C[C@@H](c1ccccn1)N1CCC(C(=O)O)CC1. The first-order valence-corrected chi connectivity index (χ1v) is 6.06. The number of carboxylic acids is 1. The van der Waals surface area contributed by atoms with E-state index in [-0.39, 0.29) is 12.0 Å². The van der Waals surface area contributed by atoms with E-state index in [0.717, 1.165) is 31.6 Å². The quantitative estimate of drug-likeness (QED) is 0.868. The molecule has 1 fully saturated rings. The Morgan fingerprint density at radius 2 is 2.18 bits per heavy atom. The average molecular weight is 234 g/mol. The molecule has 0 spiro atoms. The molecule has 1 aliphatic heterocycles. The smallest absolute Gasteiger partial charge is 0.306 e. The van der Waals surface area contributed by atoms with Crippen molar-refractivity contribution in [3.05, 3.63) is 30.1 Å². The highest BCUT2D eigenvalue weighted by atomic mass is 16.4. The third-order valence-corrected chi connectivity index (χ3v) is 3.54. The van der Waals surface area contributed by atoms with Crippen LogP contribution in [0.3, 0.4) is 0 Å². The standard InChI is InChI=1S/C13H18N2O2/c1-10(12-4-2-3-7-14-12)15-8-5-11(6-9-15)13(16)17/h2-4,7,10-11H,5-6,8-9H2,1H3,(H,16,17)/t10-/m0/s1. The van der Waals surface area contributed by atoms with Gasteiger partial charge in [-0.1, -0.05) is 6.07 Å². The van der Waals surface area contributed by atoms with E-state index in [4.69, 9.17) is 5.11 Å². The van der Waals surface area contributed by atoms with Gasteiger partial charge in [0.25, 0.3) is 0 Å². The van der Waals surface area contributed by atoms with Crippen molar-refractivity contribution in [2.45, 2.75) is 25.8 Å². The molecule has 1 atom stereocenters. The lowest BCUT2D eigenvalue weighted by Gasteiger charge is -2.34. The molecule has 17 heavy (non-hydrogen) atoms. The van der Waals surface area contributed by atoms with E-state index in [1.165, 1.54) is 0 Å². The predicted octanol–water partition coefficient (Wildman–Crippen LogP) is 1.94. The van der Waals surface area contributed by atoms with Crippen LogP contribution >= 0.6 is 0 Å². The summed E-state index contributed by atoms with van der Waals surface area (Å²) in [6, 6.07) is 6.19. The van der Waals surface area contributed by atoms with E-state index >= 15 is 0 Å². The molecular weight excluding hydrogens is 216 g/mol. The molecule has 4 nitrogen and oxygen atoms in total. The number of aliphatic carboxylic acids is 1. The first-order chi connectivity index (χ1) is 8.18. The number of hydrogen-bond acceptors (Lipinski definition) is 3. The van der Waals surface area contributed by atoms with Gasteiger partial charge in [-0.05, 0) is 45.0 Å². The number of carboxylic acid groups (broad SMARTS) is 1. The van der Waals surface area contributed by atoms with E-state index in [2.05, 4.69) is 16.8 Å². The molecule has 0 amide bonds. The third kappa shape index (κ3) is 2.82. The van der Waals surface area contributed by atoms with Crippen molar-refractivity contribution >= 4 is 5.97 Å². The van der Waals surface area contributed by atoms with E-state index in [0.29, 0.717) is 0 Å². The lowest BCUT2D eigenvalue weighted by atomic mass is 9.95. The Labute approximate surface area is 101 Å². The first kappa shape index (κ1) is 12.0. The zero-order valence-corrected chi connectivity index (χ0v) is 10.0. The summed E-state index contributed by atoms with van der Waals surface area (Å²) in [6.07, 6.45) is 3.29. The van der Waals surface area contributed by atoms with Gasteiger partial charge in [-0.3, -0.25) is 14.7 Å². The Balaban J connectivity index is 1.95. The van der Waals surface area contributed by atoms with Crippen LogP contribution in [0.1, 0.15) is 31.5 Å². The fourth-order valence-electron chi connectivity index (χ4n) is 2.34. The summed E-state index contributed by atoms with van der Waals surface area (Å²) >= 11 is 0. The summed E-state index contributed by atoms with van der Waals surface area (Å²) in [4.78, 5) is 17.5. The number of aromatic nitrogens is 1. The van der Waals surface area contributed by atoms with Gasteiger partial charge in [0.15, 0.2) is 0 Å². The summed E-state index contributed by atoms with van der Waals surface area (Å²) in [5, 5.41) is 8.95. The molecule has 4 heteroatoms. The van der Waals surface area contributed by atoms with Crippen LogP contribution in [0.25, 0.3) is 0 Å². The van der Waals surface area contributed by atoms with Crippen LogP contribution < -0.4 is 0 Å². The molecule has 1 aromatic rings. The number of rotatable bonds is 3. The zero-order valence-electron chi connectivity index (χ0n) is 10.0. The largest absolute Gasteiger partial charge is 0.481 e. The summed E-state index contributed by atoms with van der Waals surface area (Å²) in [5.41, 5.74) is 1.06. The third-order valence-electron chi connectivity index (χ3n) is 3.54. The molecule has 1 aromatic heterocycles. The molecule has 0 saturated carbocycles. The van der Waals surface area contributed by atoms with Gasteiger partial charge < -0.3 is 5.11 Å².